The summed E-state index contributed by atoms with van der Waals surface area (Å²) in [5.41, 5.74) is 1.37. The van der Waals surface area contributed by atoms with Gasteiger partial charge in [-0.25, -0.2) is 9.37 Å². The molecule has 0 aliphatic carbocycles. The van der Waals surface area contributed by atoms with E-state index in [-0.39, 0.29) is 30.6 Å². The first-order valence-electron chi connectivity index (χ1n) is 12.1. The summed E-state index contributed by atoms with van der Waals surface area (Å²) in [5, 5.41) is 0.623. The SMILES string of the molecule is COc1ccc2sc(N(CCCN3CCOCC3)C(=O)C3CC(=O)N(c4ccc(F)cc4)C3)nc2c1. The van der Waals surface area contributed by atoms with Crippen molar-refractivity contribution in [3.63, 3.8) is 0 Å². The van der Waals surface area contributed by atoms with Gasteiger partial charge in [-0.3, -0.25) is 19.4 Å². The Hall–Kier alpha value is -3.08. The minimum Gasteiger partial charge on any atom is -0.497 e. The molecule has 1 atom stereocenters. The number of hydrogen-bond acceptors (Lipinski definition) is 7. The maximum atomic E-state index is 13.8. The molecule has 2 fully saturated rings. The number of aromatic nitrogens is 1. The van der Waals surface area contributed by atoms with Crippen LogP contribution in [0.1, 0.15) is 12.8 Å². The third kappa shape index (κ3) is 5.35. The van der Waals surface area contributed by atoms with Crippen molar-refractivity contribution in [2.75, 3.05) is 62.8 Å². The predicted octanol–water partition coefficient (Wildman–Crippen LogP) is 3.55. The molecule has 0 N–H and O–H groups in total. The Balaban J connectivity index is 1.35. The zero-order chi connectivity index (χ0) is 25.1. The van der Waals surface area contributed by atoms with Gasteiger partial charge in [0, 0.05) is 50.9 Å². The standard InChI is InChI=1S/C26H29FN4O4S/c1-34-21-7-8-23-22(16-21)28-26(36-23)30(10-2-9-29-11-13-35-14-12-29)25(33)18-15-24(32)31(17-18)20-5-3-19(27)4-6-20/h3-8,16,18H,2,9-15,17H2,1H3. The Morgan fingerprint density at radius 2 is 2.00 bits per heavy atom. The molecular formula is C26H29FN4O4S. The predicted molar refractivity (Wildman–Crippen MR) is 137 cm³/mol. The number of fused-ring (bicyclic) bond motifs is 1. The van der Waals surface area contributed by atoms with Crippen LogP contribution in [0, 0.1) is 11.7 Å². The Labute approximate surface area is 213 Å². The molecule has 0 saturated carbocycles. The van der Waals surface area contributed by atoms with Gasteiger partial charge in [-0.15, -0.1) is 0 Å². The first-order chi connectivity index (χ1) is 17.5. The van der Waals surface area contributed by atoms with Gasteiger partial charge in [0.2, 0.25) is 11.8 Å². The highest BCUT2D eigenvalue weighted by atomic mass is 32.1. The van der Waals surface area contributed by atoms with E-state index in [9.17, 15) is 14.0 Å². The average molecular weight is 513 g/mol. The molecule has 5 rings (SSSR count). The van der Waals surface area contributed by atoms with Crippen molar-refractivity contribution in [1.82, 2.24) is 9.88 Å². The van der Waals surface area contributed by atoms with Crippen molar-refractivity contribution in [2.45, 2.75) is 12.8 Å². The molecule has 3 heterocycles. The second-order valence-electron chi connectivity index (χ2n) is 9.01. The minimum atomic E-state index is -0.493. The maximum absolute atomic E-state index is 13.8. The normalized spacial score (nSPS) is 18.7. The average Bonchev–Trinajstić information content (AvgIpc) is 3.50. The van der Waals surface area contributed by atoms with Crippen LogP contribution in [-0.2, 0) is 14.3 Å². The van der Waals surface area contributed by atoms with Gasteiger partial charge in [-0.1, -0.05) is 11.3 Å². The molecule has 3 aromatic rings. The minimum absolute atomic E-state index is 0.110. The molecule has 2 saturated heterocycles. The zero-order valence-corrected chi connectivity index (χ0v) is 21.0. The van der Waals surface area contributed by atoms with Crippen LogP contribution in [-0.4, -0.2) is 74.7 Å². The van der Waals surface area contributed by atoms with Crippen LogP contribution < -0.4 is 14.5 Å². The van der Waals surface area contributed by atoms with Crippen molar-refractivity contribution in [3.8, 4) is 5.75 Å². The Morgan fingerprint density at radius 1 is 1.22 bits per heavy atom. The number of morpholine rings is 1. The van der Waals surface area contributed by atoms with Crippen LogP contribution >= 0.6 is 11.3 Å². The van der Waals surface area contributed by atoms with Crippen molar-refractivity contribution in [2.24, 2.45) is 5.92 Å². The molecule has 190 valence electrons. The summed E-state index contributed by atoms with van der Waals surface area (Å²) in [4.78, 5) is 37.0. The molecule has 1 unspecified atom stereocenters. The molecule has 2 aliphatic rings. The monoisotopic (exact) mass is 512 g/mol. The second kappa shape index (κ2) is 10.9. The van der Waals surface area contributed by atoms with Crippen molar-refractivity contribution in [3.05, 3.63) is 48.3 Å². The van der Waals surface area contributed by atoms with Crippen molar-refractivity contribution < 1.29 is 23.5 Å². The van der Waals surface area contributed by atoms with Gasteiger partial charge in [-0.2, -0.15) is 0 Å². The van der Waals surface area contributed by atoms with Crippen molar-refractivity contribution >= 4 is 44.2 Å². The highest BCUT2D eigenvalue weighted by Crippen LogP contribution is 2.34. The van der Waals surface area contributed by atoms with Gasteiger partial charge < -0.3 is 14.4 Å². The van der Waals surface area contributed by atoms with E-state index in [1.807, 2.05) is 18.2 Å². The highest BCUT2D eigenvalue weighted by molar-refractivity contribution is 7.22. The van der Waals surface area contributed by atoms with Crippen LogP contribution in [0.4, 0.5) is 15.2 Å². The van der Waals surface area contributed by atoms with Gasteiger partial charge in [-0.05, 0) is 42.8 Å². The van der Waals surface area contributed by atoms with E-state index in [1.165, 1.54) is 23.5 Å². The van der Waals surface area contributed by atoms with Crippen LogP contribution in [0.15, 0.2) is 42.5 Å². The lowest BCUT2D eigenvalue weighted by atomic mass is 10.1. The molecule has 0 bridgehead atoms. The lowest BCUT2D eigenvalue weighted by Gasteiger charge is -2.28. The number of rotatable bonds is 8. The van der Waals surface area contributed by atoms with Gasteiger partial charge in [0.05, 0.1) is 36.5 Å². The summed E-state index contributed by atoms with van der Waals surface area (Å²) in [6, 6.07) is 11.5. The summed E-state index contributed by atoms with van der Waals surface area (Å²) in [6.07, 6.45) is 0.905. The molecule has 8 nitrogen and oxygen atoms in total. The third-order valence-corrected chi connectivity index (χ3v) is 7.71. The Morgan fingerprint density at radius 3 is 2.75 bits per heavy atom. The number of amides is 2. The number of nitrogens with zero attached hydrogens (tertiary/aromatic N) is 4. The number of halogens is 1. The van der Waals surface area contributed by atoms with Gasteiger partial charge in [0.1, 0.15) is 11.6 Å². The van der Waals surface area contributed by atoms with Crippen LogP contribution in [0.2, 0.25) is 0 Å². The number of anilines is 2. The molecular weight excluding hydrogens is 483 g/mol. The van der Waals surface area contributed by atoms with Crippen molar-refractivity contribution in [1.29, 1.82) is 0 Å². The summed E-state index contributed by atoms with van der Waals surface area (Å²) in [5.74, 6) is -0.395. The number of ether oxygens (including phenoxy) is 2. The molecule has 2 aliphatic heterocycles. The molecule has 2 aromatic carbocycles. The molecule has 0 spiro atoms. The smallest absolute Gasteiger partial charge is 0.234 e. The van der Waals surface area contributed by atoms with E-state index < -0.39 is 5.92 Å². The first kappa shape index (κ1) is 24.6. The highest BCUT2D eigenvalue weighted by Gasteiger charge is 2.38. The largest absolute Gasteiger partial charge is 0.497 e. The number of carbonyl (C=O) groups is 2. The first-order valence-corrected chi connectivity index (χ1v) is 13.0. The number of carbonyl (C=O) groups excluding carboxylic acids is 2. The number of thiazole rings is 1. The fourth-order valence-electron chi connectivity index (χ4n) is 4.68. The molecule has 36 heavy (non-hydrogen) atoms. The summed E-state index contributed by atoms with van der Waals surface area (Å²) < 4.78 is 25.1. The summed E-state index contributed by atoms with van der Waals surface area (Å²) in [7, 11) is 1.61. The molecule has 1 aromatic heterocycles. The lowest BCUT2D eigenvalue weighted by Crippen LogP contribution is -2.41. The number of benzene rings is 2. The van der Waals surface area contributed by atoms with Gasteiger partial charge >= 0.3 is 0 Å². The van der Waals surface area contributed by atoms with Crippen LogP contribution in [0.25, 0.3) is 10.2 Å². The molecule has 2 amide bonds. The topological polar surface area (TPSA) is 75.2 Å². The van der Waals surface area contributed by atoms with E-state index in [0.29, 0.717) is 23.1 Å². The fourth-order valence-corrected chi connectivity index (χ4v) is 5.66. The van der Waals surface area contributed by atoms with Gasteiger partial charge in [0.15, 0.2) is 5.13 Å². The van der Waals surface area contributed by atoms with E-state index in [4.69, 9.17) is 14.5 Å². The van der Waals surface area contributed by atoms with E-state index >= 15 is 0 Å². The fraction of sp³-hybridized carbons (Fsp3) is 0.423. The maximum Gasteiger partial charge on any atom is 0.234 e. The van der Waals surface area contributed by atoms with E-state index in [2.05, 4.69) is 4.90 Å². The number of methoxy groups -OCH3 is 1. The van der Waals surface area contributed by atoms with Gasteiger partial charge in [0.25, 0.3) is 0 Å². The quantitative estimate of drug-likeness (QED) is 0.460. The second-order valence-corrected chi connectivity index (χ2v) is 10.0. The van der Waals surface area contributed by atoms with E-state index in [1.54, 1.807) is 29.0 Å². The number of hydrogen-bond donors (Lipinski definition) is 0. The Kier molecular flexibility index (Phi) is 7.45. The third-order valence-electron chi connectivity index (χ3n) is 6.65. The zero-order valence-electron chi connectivity index (χ0n) is 20.2. The lowest BCUT2D eigenvalue weighted by molar-refractivity contribution is -0.124. The van der Waals surface area contributed by atoms with Crippen LogP contribution in [0.3, 0.4) is 0 Å². The van der Waals surface area contributed by atoms with E-state index in [0.717, 1.165) is 49.5 Å². The molecule has 10 heteroatoms. The summed E-state index contributed by atoms with van der Waals surface area (Å²) >= 11 is 1.46. The van der Waals surface area contributed by atoms with Crippen LogP contribution in [0.5, 0.6) is 5.75 Å². The summed E-state index contributed by atoms with van der Waals surface area (Å²) in [6.45, 7) is 4.86. The molecule has 0 radical (unpaired) electrons. The Bertz CT molecular complexity index is 1230.